The van der Waals surface area contributed by atoms with Crippen molar-refractivity contribution >= 4 is 5.91 Å². The second-order valence-corrected chi connectivity index (χ2v) is 4.28. The van der Waals surface area contributed by atoms with Crippen LogP contribution in [-0.2, 0) is 11.2 Å². The minimum absolute atomic E-state index is 0.0330. The highest BCUT2D eigenvalue weighted by Crippen LogP contribution is 2.00. The fourth-order valence-corrected chi connectivity index (χ4v) is 1.66. The van der Waals surface area contributed by atoms with Crippen molar-refractivity contribution in [2.24, 2.45) is 5.73 Å². The molecular formula is C14H22N2O. The zero-order valence-electron chi connectivity index (χ0n) is 10.5. The smallest absolute Gasteiger partial charge is 0.236 e. The number of carbonyl (C=O) groups is 1. The number of nitrogens with two attached hydrogens (primary N) is 1. The first kappa shape index (κ1) is 13.7. The van der Waals surface area contributed by atoms with Gasteiger partial charge in [-0.25, -0.2) is 0 Å². The van der Waals surface area contributed by atoms with E-state index in [0.29, 0.717) is 6.54 Å². The Balaban J connectivity index is 2.20. The quantitative estimate of drug-likeness (QED) is 0.756. The van der Waals surface area contributed by atoms with Crippen molar-refractivity contribution in [3.63, 3.8) is 0 Å². The number of nitrogens with one attached hydrogen (secondary N) is 1. The Kier molecular flexibility index (Phi) is 6.33. The molecule has 1 aromatic rings. The summed E-state index contributed by atoms with van der Waals surface area (Å²) in [6, 6.07) is 9.76. The lowest BCUT2D eigenvalue weighted by atomic mass is 10.1. The van der Waals surface area contributed by atoms with Crippen LogP contribution in [-0.4, -0.2) is 18.5 Å². The molecule has 0 aliphatic rings. The molecule has 1 amide bonds. The minimum atomic E-state index is -0.356. The average Bonchev–Trinajstić information content (AvgIpc) is 2.37. The van der Waals surface area contributed by atoms with E-state index in [1.54, 1.807) is 0 Å². The van der Waals surface area contributed by atoms with Gasteiger partial charge in [-0.05, 0) is 18.4 Å². The molecule has 3 heteroatoms. The molecule has 0 heterocycles. The molecule has 0 saturated heterocycles. The molecule has 0 bridgehead atoms. The normalized spacial score (nSPS) is 12.1. The molecule has 0 aliphatic heterocycles. The van der Waals surface area contributed by atoms with Gasteiger partial charge in [-0.3, -0.25) is 4.79 Å². The molecule has 0 radical (unpaired) electrons. The van der Waals surface area contributed by atoms with E-state index in [-0.39, 0.29) is 11.9 Å². The van der Waals surface area contributed by atoms with Gasteiger partial charge in [-0.2, -0.15) is 0 Å². The van der Waals surface area contributed by atoms with Gasteiger partial charge >= 0.3 is 0 Å². The van der Waals surface area contributed by atoms with Crippen molar-refractivity contribution < 1.29 is 4.79 Å². The molecule has 0 aliphatic carbocycles. The Labute approximate surface area is 103 Å². The van der Waals surface area contributed by atoms with E-state index in [0.717, 1.165) is 25.7 Å². The van der Waals surface area contributed by atoms with Crippen molar-refractivity contribution in [2.45, 2.75) is 38.6 Å². The zero-order chi connectivity index (χ0) is 12.5. The highest BCUT2D eigenvalue weighted by atomic mass is 16.2. The average molecular weight is 234 g/mol. The van der Waals surface area contributed by atoms with E-state index >= 15 is 0 Å². The molecule has 3 N–H and O–H groups in total. The zero-order valence-corrected chi connectivity index (χ0v) is 10.5. The lowest BCUT2D eigenvalue weighted by Gasteiger charge is -2.11. The van der Waals surface area contributed by atoms with Crippen molar-refractivity contribution in [1.82, 2.24) is 5.32 Å². The summed E-state index contributed by atoms with van der Waals surface area (Å²) in [5.74, 6) is -0.0330. The molecule has 17 heavy (non-hydrogen) atoms. The predicted octanol–water partition coefficient (Wildman–Crippen LogP) is 1.86. The first-order valence-electron chi connectivity index (χ1n) is 6.31. The van der Waals surface area contributed by atoms with Gasteiger partial charge in [-0.1, -0.05) is 50.1 Å². The van der Waals surface area contributed by atoms with Gasteiger partial charge in [0.25, 0.3) is 0 Å². The van der Waals surface area contributed by atoms with Crippen molar-refractivity contribution in [3.05, 3.63) is 35.9 Å². The maximum atomic E-state index is 11.6. The second kappa shape index (κ2) is 7.85. The van der Waals surface area contributed by atoms with Crippen molar-refractivity contribution in [3.8, 4) is 0 Å². The molecule has 0 spiro atoms. The van der Waals surface area contributed by atoms with Crippen LogP contribution in [0.3, 0.4) is 0 Å². The van der Waals surface area contributed by atoms with Gasteiger partial charge in [0.15, 0.2) is 0 Å². The van der Waals surface area contributed by atoms with Crippen LogP contribution in [0, 0.1) is 0 Å². The third-order valence-corrected chi connectivity index (χ3v) is 2.76. The standard InChI is InChI=1S/C14H22N2O/c1-2-3-9-13(15)14(17)16-11-10-12-7-5-4-6-8-12/h4-8,13H,2-3,9-11,15H2,1H3,(H,16,17). The Morgan fingerprint density at radius 2 is 2.06 bits per heavy atom. The third-order valence-electron chi connectivity index (χ3n) is 2.76. The SMILES string of the molecule is CCCCC(N)C(=O)NCCc1ccccc1. The van der Waals surface area contributed by atoms with Crippen LogP contribution < -0.4 is 11.1 Å². The molecular weight excluding hydrogens is 212 g/mol. The summed E-state index contributed by atoms with van der Waals surface area (Å²) in [5.41, 5.74) is 7.00. The molecule has 0 fully saturated rings. The van der Waals surface area contributed by atoms with Crippen LogP contribution in [0.4, 0.5) is 0 Å². The molecule has 1 rings (SSSR count). The highest BCUT2D eigenvalue weighted by molar-refractivity contribution is 5.81. The summed E-state index contributed by atoms with van der Waals surface area (Å²) in [7, 11) is 0. The summed E-state index contributed by atoms with van der Waals surface area (Å²) >= 11 is 0. The van der Waals surface area contributed by atoms with Crippen LogP contribution >= 0.6 is 0 Å². The predicted molar refractivity (Wildman–Crippen MR) is 70.7 cm³/mol. The molecule has 3 nitrogen and oxygen atoms in total. The first-order chi connectivity index (χ1) is 8.24. The lowest BCUT2D eigenvalue weighted by Crippen LogP contribution is -2.41. The van der Waals surface area contributed by atoms with Gasteiger partial charge in [0.05, 0.1) is 6.04 Å². The minimum Gasteiger partial charge on any atom is -0.354 e. The number of hydrogen-bond acceptors (Lipinski definition) is 2. The lowest BCUT2D eigenvalue weighted by molar-refractivity contribution is -0.122. The maximum absolute atomic E-state index is 11.6. The Bertz CT molecular complexity index is 324. The summed E-state index contributed by atoms with van der Waals surface area (Å²) in [6.07, 6.45) is 3.71. The Hall–Kier alpha value is -1.35. The Morgan fingerprint density at radius 3 is 2.71 bits per heavy atom. The van der Waals surface area contributed by atoms with E-state index in [1.807, 2.05) is 18.2 Å². The third kappa shape index (κ3) is 5.50. The van der Waals surface area contributed by atoms with Crippen molar-refractivity contribution in [1.29, 1.82) is 0 Å². The molecule has 94 valence electrons. The molecule has 0 saturated carbocycles. The molecule has 1 atom stereocenters. The fourth-order valence-electron chi connectivity index (χ4n) is 1.66. The van der Waals surface area contributed by atoms with Gasteiger partial charge in [0, 0.05) is 6.54 Å². The topological polar surface area (TPSA) is 55.1 Å². The summed E-state index contributed by atoms with van der Waals surface area (Å²) in [6.45, 7) is 2.75. The van der Waals surface area contributed by atoms with E-state index in [9.17, 15) is 4.79 Å². The van der Waals surface area contributed by atoms with E-state index in [1.165, 1.54) is 5.56 Å². The summed E-state index contributed by atoms with van der Waals surface area (Å²) < 4.78 is 0. The number of amides is 1. The first-order valence-corrected chi connectivity index (χ1v) is 6.31. The van der Waals surface area contributed by atoms with E-state index < -0.39 is 0 Å². The van der Waals surface area contributed by atoms with Gasteiger partial charge in [0.1, 0.15) is 0 Å². The van der Waals surface area contributed by atoms with Crippen LogP contribution in [0.5, 0.6) is 0 Å². The van der Waals surface area contributed by atoms with Crippen LogP contribution in [0.15, 0.2) is 30.3 Å². The van der Waals surface area contributed by atoms with E-state index in [2.05, 4.69) is 24.4 Å². The monoisotopic (exact) mass is 234 g/mol. The molecule has 0 aromatic heterocycles. The Morgan fingerprint density at radius 1 is 1.35 bits per heavy atom. The maximum Gasteiger partial charge on any atom is 0.236 e. The highest BCUT2D eigenvalue weighted by Gasteiger charge is 2.11. The molecule has 1 aromatic carbocycles. The summed E-state index contributed by atoms with van der Waals surface area (Å²) in [5, 5.41) is 2.88. The fraction of sp³-hybridized carbons (Fsp3) is 0.500. The van der Waals surface area contributed by atoms with Crippen molar-refractivity contribution in [2.75, 3.05) is 6.54 Å². The largest absolute Gasteiger partial charge is 0.354 e. The van der Waals surface area contributed by atoms with Crippen LogP contribution in [0.2, 0.25) is 0 Å². The number of carbonyl (C=O) groups excluding carboxylic acids is 1. The van der Waals surface area contributed by atoms with E-state index in [4.69, 9.17) is 5.73 Å². The number of unbranched alkanes of at least 4 members (excludes halogenated alkanes) is 1. The number of benzene rings is 1. The summed E-state index contributed by atoms with van der Waals surface area (Å²) in [4.78, 5) is 11.6. The number of rotatable bonds is 7. The van der Waals surface area contributed by atoms with Crippen LogP contribution in [0.1, 0.15) is 31.7 Å². The van der Waals surface area contributed by atoms with Gasteiger partial charge in [-0.15, -0.1) is 0 Å². The van der Waals surface area contributed by atoms with Crippen LogP contribution in [0.25, 0.3) is 0 Å². The van der Waals surface area contributed by atoms with Gasteiger partial charge in [0.2, 0.25) is 5.91 Å². The molecule has 1 unspecified atom stereocenters. The second-order valence-electron chi connectivity index (χ2n) is 4.28. The van der Waals surface area contributed by atoms with Gasteiger partial charge < -0.3 is 11.1 Å². The number of hydrogen-bond donors (Lipinski definition) is 2.